The fourth-order valence-corrected chi connectivity index (χ4v) is 4.19. The molecule has 2 aromatic rings. The van der Waals surface area contributed by atoms with Gasteiger partial charge >= 0.3 is 11.9 Å². The van der Waals surface area contributed by atoms with Gasteiger partial charge < -0.3 is 14.4 Å². The Labute approximate surface area is 201 Å². The second kappa shape index (κ2) is 12.9. The largest absolute Gasteiger partial charge is 0.465 e. The van der Waals surface area contributed by atoms with Gasteiger partial charge in [0.1, 0.15) is 18.7 Å². The number of esters is 2. The predicted molar refractivity (Wildman–Crippen MR) is 129 cm³/mol. The van der Waals surface area contributed by atoms with Crippen molar-refractivity contribution in [2.75, 3.05) is 13.2 Å². The minimum absolute atomic E-state index is 0.177. The first kappa shape index (κ1) is 25.4. The summed E-state index contributed by atoms with van der Waals surface area (Å²) in [5.41, 5.74) is 2.01. The van der Waals surface area contributed by atoms with Crippen molar-refractivity contribution in [2.24, 2.45) is 0 Å². The molecule has 1 aliphatic rings. The van der Waals surface area contributed by atoms with Crippen molar-refractivity contribution in [3.05, 3.63) is 71.8 Å². The molecule has 0 bridgehead atoms. The van der Waals surface area contributed by atoms with Gasteiger partial charge in [0.2, 0.25) is 5.91 Å². The van der Waals surface area contributed by atoms with Crippen LogP contribution in [-0.2, 0) is 36.9 Å². The molecule has 0 unspecified atom stereocenters. The number of likely N-dealkylation sites (tertiary alicyclic amines) is 1. The van der Waals surface area contributed by atoms with Crippen LogP contribution in [0, 0.1) is 0 Å². The highest BCUT2D eigenvalue weighted by atomic mass is 16.5. The molecule has 0 aromatic heterocycles. The highest BCUT2D eigenvalue weighted by Crippen LogP contribution is 2.20. The number of hydrogen-bond acceptors (Lipinski definition) is 6. The molecule has 3 atom stereocenters. The van der Waals surface area contributed by atoms with Crippen LogP contribution >= 0.6 is 0 Å². The Bertz CT molecular complexity index is 935. The summed E-state index contributed by atoms with van der Waals surface area (Å²) in [7, 11) is 0. The highest BCUT2D eigenvalue weighted by molar-refractivity contribution is 5.88. The molecule has 1 saturated heterocycles. The topological polar surface area (TPSA) is 84.9 Å². The molecule has 1 heterocycles. The molecular formula is C27H34N2O5. The molecule has 1 N–H and O–H groups in total. The average molecular weight is 467 g/mol. The molecule has 0 aliphatic carbocycles. The summed E-state index contributed by atoms with van der Waals surface area (Å²) in [4.78, 5) is 40.1. The van der Waals surface area contributed by atoms with Gasteiger partial charge in [-0.2, -0.15) is 0 Å². The normalized spacial score (nSPS) is 17.1. The van der Waals surface area contributed by atoms with Gasteiger partial charge in [0, 0.05) is 6.54 Å². The van der Waals surface area contributed by atoms with E-state index in [1.54, 1.807) is 18.7 Å². The van der Waals surface area contributed by atoms with Gasteiger partial charge in [0.25, 0.3) is 0 Å². The predicted octanol–water partition coefficient (Wildman–Crippen LogP) is 3.26. The molecule has 0 radical (unpaired) electrons. The van der Waals surface area contributed by atoms with Crippen LogP contribution in [0.5, 0.6) is 0 Å². The maximum absolute atomic E-state index is 13.2. The van der Waals surface area contributed by atoms with Crippen LogP contribution in [-0.4, -0.2) is 54.0 Å². The quantitative estimate of drug-likeness (QED) is 0.512. The molecular weight excluding hydrogens is 432 g/mol. The van der Waals surface area contributed by atoms with E-state index in [0.717, 1.165) is 17.5 Å². The van der Waals surface area contributed by atoms with Crippen molar-refractivity contribution in [1.82, 2.24) is 10.2 Å². The second-order valence-corrected chi connectivity index (χ2v) is 8.50. The van der Waals surface area contributed by atoms with E-state index >= 15 is 0 Å². The molecule has 7 nitrogen and oxygen atoms in total. The fraction of sp³-hybridized carbons (Fsp3) is 0.444. The van der Waals surface area contributed by atoms with Crippen molar-refractivity contribution >= 4 is 17.8 Å². The van der Waals surface area contributed by atoms with E-state index in [-0.39, 0.29) is 25.1 Å². The number of ether oxygens (including phenoxy) is 2. The van der Waals surface area contributed by atoms with E-state index in [2.05, 4.69) is 5.32 Å². The molecule has 3 rings (SSSR count). The van der Waals surface area contributed by atoms with Gasteiger partial charge in [0.15, 0.2) is 0 Å². The maximum atomic E-state index is 13.2. The van der Waals surface area contributed by atoms with Gasteiger partial charge in [-0.3, -0.25) is 14.9 Å². The number of carbonyl (C=O) groups is 3. The van der Waals surface area contributed by atoms with Crippen molar-refractivity contribution in [3.63, 3.8) is 0 Å². The fourth-order valence-electron chi connectivity index (χ4n) is 4.19. The monoisotopic (exact) mass is 466 g/mol. The summed E-state index contributed by atoms with van der Waals surface area (Å²) in [6.45, 7) is 4.42. The molecule has 1 aliphatic heterocycles. The molecule has 34 heavy (non-hydrogen) atoms. The highest BCUT2D eigenvalue weighted by Gasteiger charge is 2.38. The van der Waals surface area contributed by atoms with E-state index in [0.29, 0.717) is 25.8 Å². The zero-order chi connectivity index (χ0) is 24.3. The first-order chi connectivity index (χ1) is 16.5. The smallest absolute Gasteiger partial charge is 0.329 e. The summed E-state index contributed by atoms with van der Waals surface area (Å²) in [6, 6.07) is 17.5. The summed E-state index contributed by atoms with van der Waals surface area (Å²) in [6.07, 6.45) is 2.49. The SMILES string of the molecule is CCOC(=O)[C@@H](CCc1ccccc1)N[C@@H](C)C(=O)N1CCC[C@H]1C(=O)OCc1ccccc1. The first-order valence-electron chi connectivity index (χ1n) is 12.0. The Morgan fingerprint density at radius 1 is 1.00 bits per heavy atom. The lowest BCUT2D eigenvalue weighted by Crippen LogP contribution is -2.53. The lowest BCUT2D eigenvalue weighted by Gasteiger charge is -2.28. The molecule has 1 amide bonds. The number of benzene rings is 2. The summed E-state index contributed by atoms with van der Waals surface area (Å²) >= 11 is 0. The number of hydrogen-bond donors (Lipinski definition) is 1. The molecule has 7 heteroatoms. The van der Waals surface area contributed by atoms with Crippen LogP contribution in [0.2, 0.25) is 0 Å². The third kappa shape index (κ3) is 7.15. The summed E-state index contributed by atoms with van der Waals surface area (Å²) in [5, 5.41) is 3.15. The van der Waals surface area contributed by atoms with E-state index < -0.39 is 24.1 Å². The van der Waals surface area contributed by atoms with Gasteiger partial charge in [-0.15, -0.1) is 0 Å². The van der Waals surface area contributed by atoms with Crippen LogP contribution in [0.4, 0.5) is 0 Å². The number of nitrogens with one attached hydrogen (secondary N) is 1. The van der Waals surface area contributed by atoms with E-state index in [4.69, 9.17) is 9.47 Å². The minimum atomic E-state index is -0.646. The Morgan fingerprint density at radius 2 is 1.65 bits per heavy atom. The summed E-state index contributed by atoms with van der Waals surface area (Å²) < 4.78 is 10.7. The van der Waals surface area contributed by atoms with Crippen LogP contribution < -0.4 is 5.32 Å². The number of rotatable bonds is 11. The van der Waals surface area contributed by atoms with E-state index in [1.165, 1.54) is 0 Å². The minimum Gasteiger partial charge on any atom is -0.465 e. The van der Waals surface area contributed by atoms with Crippen molar-refractivity contribution in [1.29, 1.82) is 0 Å². The molecule has 1 fully saturated rings. The first-order valence-corrected chi connectivity index (χ1v) is 12.0. The number of carbonyl (C=O) groups excluding carboxylic acids is 3. The van der Waals surface area contributed by atoms with Crippen LogP contribution in [0.15, 0.2) is 60.7 Å². The van der Waals surface area contributed by atoms with Crippen LogP contribution in [0.1, 0.15) is 44.2 Å². The molecule has 0 spiro atoms. The second-order valence-electron chi connectivity index (χ2n) is 8.50. The average Bonchev–Trinajstić information content (AvgIpc) is 3.36. The van der Waals surface area contributed by atoms with Crippen molar-refractivity contribution < 1.29 is 23.9 Å². The lowest BCUT2D eigenvalue weighted by atomic mass is 10.0. The van der Waals surface area contributed by atoms with Gasteiger partial charge in [-0.1, -0.05) is 60.7 Å². The Hall–Kier alpha value is -3.19. The molecule has 2 aromatic carbocycles. The third-order valence-electron chi connectivity index (χ3n) is 5.99. The van der Waals surface area contributed by atoms with Crippen LogP contribution in [0.25, 0.3) is 0 Å². The van der Waals surface area contributed by atoms with Gasteiger partial charge in [-0.05, 0) is 50.7 Å². The van der Waals surface area contributed by atoms with Crippen molar-refractivity contribution in [3.8, 4) is 0 Å². The Kier molecular flexibility index (Phi) is 9.64. The maximum Gasteiger partial charge on any atom is 0.329 e. The zero-order valence-corrected chi connectivity index (χ0v) is 19.9. The number of aryl methyl sites for hydroxylation is 1. The lowest BCUT2D eigenvalue weighted by molar-refractivity contribution is -0.155. The third-order valence-corrected chi connectivity index (χ3v) is 5.99. The molecule has 182 valence electrons. The Balaban J connectivity index is 1.59. The van der Waals surface area contributed by atoms with Crippen molar-refractivity contribution in [2.45, 2.75) is 64.3 Å². The van der Waals surface area contributed by atoms with E-state index in [1.807, 2.05) is 60.7 Å². The summed E-state index contributed by atoms with van der Waals surface area (Å²) in [5.74, 6) is -0.987. The van der Waals surface area contributed by atoms with Gasteiger partial charge in [-0.25, -0.2) is 4.79 Å². The van der Waals surface area contributed by atoms with E-state index in [9.17, 15) is 14.4 Å². The van der Waals surface area contributed by atoms with Gasteiger partial charge in [0.05, 0.1) is 12.6 Å². The molecule has 0 saturated carbocycles. The standard InChI is InChI=1S/C27H34N2O5/c1-3-33-26(31)23(17-16-21-11-6-4-7-12-21)28-20(2)25(30)29-18-10-15-24(29)27(32)34-19-22-13-8-5-9-14-22/h4-9,11-14,20,23-24,28H,3,10,15-19H2,1-2H3/t20-,23+,24-/m0/s1. The zero-order valence-electron chi connectivity index (χ0n) is 19.9. The number of amides is 1. The van der Waals surface area contributed by atoms with Crippen LogP contribution in [0.3, 0.4) is 0 Å². The Morgan fingerprint density at radius 3 is 2.29 bits per heavy atom. The number of nitrogens with zero attached hydrogens (tertiary/aromatic N) is 1.